The highest BCUT2D eigenvalue weighted by Crippen LogP contribution is 2.58. The largest absolute Gasteiger partial charge is 0.453 e. The van der Waals surface area contributed by atoms with E-state index in [9.17, 15) is 9.65 Å². The number of alkyl halides is 2. The number of amidine groups is 1. The minimum atomic E-state index is -3.54. The molecule has 8 heteroatoms. The second-order valence-electron chi connectivity index (χ2n) is 7.64. The summed E-state index contributed by atoms with van der Waals surface area (Å²) in [6.07, 6.45) is 2.60. The molecule has 1 unspecified atom stereocenters. The van der Waals surface area contributed by atoms with E-state index in [-0.39, 0.29) is 11.5 Å². The van der Waals surface area contributed by atoms with Gasteiger partial charge in [0.15, 0.2) is 11.1 Å². The van der Waals surface area contributed by atoms with E-state index in [0.717, 1.165) is 0 Å². The number of rotatable bonds is 2. The Kier molecular flexibility index (Phi) is 4.55. The molecule has 0 fully saturated rings. The SMILES string of the molecule is CC1(C)OC(N)=N[C@](C)(C2(C#N)C=CC(Cl)=C(c3ccc(F)cc3)C2)C1(F)F. The Morgan fingerprint density at radius 1 is 1.21 bits per heavy atom. The Bertz CT molecular complexity index is 946. The molecular weight excluding hydrogens is 391 g/mol. The fraction of sp³-hybridized carbons (Fsp3) is 0.400. The van der Waals surface area contributed by atoms with E-state index >= 15 is 8.78 Å². The molecule has 1 aliphatic heterocycles. The molecule has 0 aromatic heterocycles. The van der Waals surface area contributed by atoms with E-state index in [4.69, 9.17) is 22.1 Å². The van der Waals surface area contributed by atoms with Gasteiger partial charge in [-0.15, -0.1) is 0 Å². The molecule has 0 bridgehead atoms. The molecule has 28 heavy (non-hydrogen) atoms. The van der Waals surface area contributed by atoms with Crippen LogP contribution in [0.2, 0.25) is 0 Å². The zero-order valence-electron chi connectivity index (χ0n) is 15.6. The predicted molar refractivity (Wildman–Crippen MR) is 101 cm³/mol. The number of hydrogen-bond acceptors (Lipinski definition) is 4. The van der Waals surface area contributed by atoms with Gasteiger partial charge in [0.05, 0.1) is 6.07 Å². The number of ether oxygens (including phenoxy) is 1. The van der Waals surface area contributed by atoms with Crippen molar-refractivity contribution in [2.75, 3.05) is 0 Å². The standard InChI is InChI=1S/C20H19ClF3N3O/c1-17(2)20(23,24)18(3,27-16(26)28-17)19(11-25)9-8-15(21)14(10-19)12-4-6-13(22)7-5-12/h4-9H,10H2,1-3H3,(H2,26,27)/t18-,19?/m1/s1. The van der Waals surface area contributed by atoms with Crippen molar-refractivity contribution in [3.63, 3.8) is 0 Å². The Hall–Kier alpha value is -2.46. The molecule has 2 N–H and O–H groups in total. The minimum Gasteiger partial charge on any atom is -0.453 e. The molecule has 3 rings (SSSR count). The van der Waals surface area contributed by atoms with E-state index in [2.05, 4.69) is 4.99 Å². The van der Waals surface area contributed by atoms with Crippen molar-refractivity contribution >= 4 is 23.2 Å². The first-order valence-corrected chi connectivity index (χ1v) is 8.94. The summed E-state index contributed by atoms with van der Waals surface area (Å²) in [6, 6.07) is 7.06. The summed E-state index contributed by atoms with van der Waals surface area (Å²) in [4.78, 5) is 3.92. The third-order valence-corrected chi connectivity index (χ3v) is 5.93. The van der Waals surface area contributed by atoms with Gasteiger partial charge in [-0.3, -0.25) is 0 Å². The quantitative estimate of drug-likeness (QED) is 0.765. The number of nitrogens with two attached hydrogens (primary N) is 1. The van der Waals surface area contributed by atoms with Crippen molar-refractivity contribution in [3.05, 3.63) is 52.8 Å². The summed E-state index contributed by atoms with van der Waals surface area (Å²) >= 11 is 6.30. The normalized spacial score (nSPS) is 31.0. The highest BCUT2D eigenvalue weighted by atomic mass is 35.5. The topological polar surface area (TPSA) is 71.4 Å². The van der Waals surface area contributed by atoms with E-state index in [1.54, 1.807) is 0 Å². The smallest absolute Gasteiger partial charge is 0.312 e. The molecule has 0 saturated carbocycles. The van der Waals surface area contributed by atoms with Gasteiger partial charge in [0.1, 0.15) is 11.2 Å². The Morgan fingerprint density at radius 3 is 2.39 bits per heavy atom. The van der Waals surface area contributed by atoms with Crippen LogP contribution in [-0.4, -0.2) is 23.1 Å². The maximum atomic E-state index is 15.5. The van der Waals surface area contributed by atoms with Gasteiger partial charge in [0.2, 0.25) is 0 Å². The van der Waals surface area contributed by atoms with Gasteiger partial charge in [0, 0.05) is 5.03 Å². The van der Waals surface area contributed by atoms with E-state index in [1.165, 1.54) is 57.2 Å². The third-order valence-electron chi connectivity index (χ3n) is 5.58. The van der Waals surface area contributed by atoms with Gasteiger partial charge < -0.3 is 10.5 Å². The molecule has 0 saturated heterocycles. The van der Waals surface area contributed by atoms with Crippen molar-refractivity contribution in [1.82, 2.24) is 0 Å². The fourth-order valence-electron chi connectivity index (χ4n) is 3.75. The van der Waals surface area contributed by atoms with Crippen LogP contribution < -0.4 is 5.73 Å². The minimum absolute atomic E-state index is 0.149. The van der Waals surface area contributed by atoms with Crippen molar-refractivity contribution in [2.24, 2.45) is 16.1 Å². The molecule has 2 aliphatic rings. The Labute approximate surface area is 166 Å². The van der Waals surface area contributed by atoms with Crippen LogP contribution >= 0.6 is 11.6 Å². The molecule has 1 aromatic rings. The zero-order valence-corrected chi connectivity index (χ0v) is 16.3. The number of hydrogen-bond donors (Lipinski definition) is 1. The summed E-state index contributed by atoms with van der Waals surface area (Å²) in [6.45, 7) is 3.60. The van der Waals surface area contributed by atoms with Crippen LogP contribution in [0.15, 0.2) is 46.4 Å². The average molecular weight is 410 g/mol. The Balaban J connectivity index is 2.17. The number of nitriles is 1. The lowest BCUT2D eigenvalue weighted by Crippen LogP contribution is -2.69. The van der Waals surface area contributed by atoms with Crippen LogP contribution in [-0.2, 0) is 4.74 Å². The van der Waals surface area contributed by atoms with Crippen LogP contribution in [0.25, 0.3) is 5.57 Å². The molecular formula is C20H19ClF3N3O. The lowest BCUT2D eigenvalue weighted by atomic mass is 9.60. The molecule has 0 radical (unpaired) electrons. The highest BCUT2D eigenvalue weighted by molar-refractivity contribution is 6.34. The van der Waals surface area contributed by atoms with E-state index in [0.29, 0.717) is 11.1 Å². The highest BCUT2D eigenvalue weighted by Gasteiger charge is 2.72. The first kappa shape index (κ1) is 20.3. The first-order chi connectivity index (χ1) is 12.9. The van der Waals surface area contributed by atoms with Crippen molar-refractivity contribution in [2.45, 2.75) is 44.3 Å². The number of nitrogens with zero attached hydrogens (tertiary/aromatic N) is 2. The predicted octanol–water partition coefficient (Wildman–Crippen LogP) is 4.76. The molecule has 1 heterocycles. The van der Waals surface area contributed by atoms with Gasteiger partial charge in [-0.1, -0.05) is 29.8 Å². The van der Waals surface area contributed by atoms with Gasteiger partial charge >= 0.3 is 5.92 Å². The second-order valence-corrected chi connectivity index (χ2v) is 8.04. The molecule has 0 spiro atoms. The number of benzene rings is 1. The molecule has 148 valence electrons. The first-order valence-electron chi connectivity index (χ1n) is 8.56. The summed E-state index contributed by atoms with van der Waals surface area (Å²) in [5.74, 6) is -3.99. The van der Waals surface area contributed by atoms with Crippen molar-refractivity contribution in [1.29, 1.82) is 5.26 Å². The lowest BCUT2D eigenvalue weighted by Gasteiger charge is -2.52. The van der Waals surface area contributed by atoms with Crippen LogP contribution in [0.5, 0.6) is 0 Å². The molecule has 2 atom stereocenters. The fourth-order valence-corrected chi connectivity index (χ4v) is 3.99. The number of allylic oxidation sites excluding steroid dienone is 3. The average Bonchev–Trinajstić information content (AvgIpc) is 2.61. The molecule has 4 nitrogen and oxygen atoms in total. The lowest BCUT2D eigenvalue weighted by molar-refractivity contribution is -0.219. The van der Waals surface area contributed by atoms with Gasteiger partial charge in [-0.25, -0.2) is 9.38 Å². The van der Waals surface area contributed by atoms with E-state index in [1.807, 2.05) is 6.07 Å². The van der Waals surface area contributed by atoms with Gasteiger partial charge in [0.25, 0.3) is 6.02 Å². The molecule has 0 amide bonds. The summed E-state index contributed by atoms with van der Waals surface area (Å²) < 4.78 is 49.4. The Morgan fingerprint density at radius 2 is 1.82 bits per heavy atom. The van der Waals surface area contributed by atoms with Crippen LogP contribution in [0.1, 0.15) is 32.8 Å². The van der Waals surface area contributed by atoms with Crippen molar-refractivity contribution in [3.8, 4) is 6.07 Å². The second kappa shape index (κ2) is 6.28. The van der Waals surface area contributed by atoms with Crippen LogP contribution in [0, 0.1) is 22.6 Å². The number of aliphatic imine (C=N–C) groups is 1. The molecule has 1 aromatic carbocycles. The zero-order chi connectivity index (χ0) is 21.0. The summed E-state index contributed by atoms with van der Waals surface area (Å²) in [7, 11) is 0. The third kappa shape index (κ3) is 2.70. The summed E-state index contributed by atoms with van der Waals surface area (Å²) in [5.41, 5.74) is 0.715. The maximum Gasteiger partial charge on any atom is 0.312 e. The van der Waals surface area contributed by atoms with Crippen LogP contribution in [0.3, 0.4) is 0 Å². The van der Waals surface area contributed by atoms with Gasteiger partial charge in [-0.05, 0) is 56.5 Å². The van der Waals surface area contributed by atoms with Crippen molar-refractivity contribution < 1.29 is 17.9 Å². The van der Waals surface area contributed by atoms with Crippen LogP contribution in [0.4, 0.5) is 13.2 Å². The monoisotopic (exact) mass is 409 g/mol. The number of halogens is 4. The van der Waals surface area contributed by atoms with Gasteiger partial charge in [-0.2, -0.15) is 14.0 Å². The summed E-state index contributed by atoms with van der Waals surface area (Å²) in [5, 5.41) is 10.3. The van der Waals surface area contributed by atoms with E-state index < -0.39 is 34.3 Å². The maximum absolute atomic E-state index is 15.5. The molecule has 1 aliphatic carbocycles.